The molecule has 0 radical (unpaired) electrons. The molecule has 4 nitrogen and oxygen atoms in total. The molecule has 2 atom stereocenters. The summed E-state index contributed by atoms with van der Waals surface area (Å²) >= 11 is 0. The number of nitrogens with zero attached hydrogens (tertiary/aromatic N) is 1. The topological polar surface area (TPSA) is 68.0 Å². The van der Waals surface area contributed by atoms with Gasteiger partial charge in [-0.2, -0.15) is 0 Å². The highest BCUT2D eigenvalue weighted by atomic mass is 16.2. The summed E-state index contributed by atoms with van der Waals surface area (Å²) in [5.74, 6) is 1.37. The number of hydrogen-bond acceptors (Lipinski definition) is 3. The summed E-state index contributed by atoms with van der Waals surface area (Å²) in [6.07, 6.45) is 2.54. The minimum atomic E-state index is 0.0721. The molecule has 1 aliphatic rings. The van der Waals surface area contributed by atoms with Gasteiger partial charge in [-0.1, -0.05) is 6.92 Å². The molecule has 0 aromatic carbocycles. The highest BCUT2D eigenvalue weighted by molar-refractivity contribution is 5.94. The van der Waals surface area contributed by atoms with Crippen molar-refractivity contribution in [3.8, 4) is 0 Å². The third kappa shape index (κ3) is 2.09. The Morgan fingerprint density at radius 3 is 2.87 bits per heavy atom. The van der Waals surface area contributed by atoms with Gasteiger partial charge in [0.25, 0.3) is 0 Å². The van der Waals surface area contributed by atoms with Gasteiger partial charge in [0.2, 0.25) is 5.91 Å². The smallest absolute Gasteiger partial charge is 0.228 e. The van der Waals surface area contributed by atoms with Crippen molar-refractivity contribution in [2.75, 3.05) is 11.1 Å². The summed E-state index contributed by atoms with van der Waals surface area (Å²) in [5.41, 5.74) is 7.09. The summed E-state index contributed by atoms with van der Waals surface area (Å²) in [6.45, 7) is 3.96. The Bertz CT molecular complexity index is 403. The van der Waals surface area contributed by atoms with Crippen molar-refractivity contribution in [2.24, 2.45) is 11.8 Å². The molecule has 80 valence electrons. The van der Waals surface area contributed by atoms with Crippen LogP contribution in [-0.4, -0.2) is 10.9 Å². The van der Waals surface area contributed by atoms with E-state index in [0.717, 1.165) is 12.0 Å². The van der Waals surface area contributed by atoms with Crippen molar-refractivity contribution >= 4 is 17.4 Å². The van der Waals surface area contributed by atoms with Crippen LogP contribution in [0.5, 0.6) is 0 Å². The van der Waals surface area contributed by atoms with Crippen molar-refractivity contribution in [2.45, 2.75) is 20.3 Å². The number of carbonyl (C=O) groups excluding carboxylic acids is 1. The monoisotopic (exact) mass is 205 g/mol. The largest absolute Gasteiger partial charge is 0.397 e. The Labute approximate surface area is 88.9 Å². The van der Waals surface area contributed by atoms with Crippen LogP contribution < -0.4 is 11.1 Å². The van der Waals surface area contributed by atoms with Crippen molar-refractivity contribution in [1.82, 2.24) is 4.98 Å². The fourth-order valence-electron chi connectivity index (χ4n) is 1.62. The maximum Gasteiger partial charge on any atom is 0.228 e. The van der Waals surface area contributed by atoms with Crippen LogP contribution in [0.1, 0.15) is 18.9 Å². The zero-order valence-corrected chi connectivity index (χ0v) is 8.95. The number of hydrogen-bond donors (Lipinski definition) is 2. The highest BCUT2D eigenvalue weighted by Gasteiger charge is 2.39. The van der Waals surface area contributed by atoms with Crippen LogP contribution in [0.3, 0.4) is 0 Å². The molecule has 1 heterocycles. The SMILES string of the molecule is Cc1cc(N)cnc1NC(=O)C1CC1C. The molecule has 0 aliphatic heterocycles. The second-order valence-corrected chi connectivity index (χ2v) is 4.24. The van der Waals surface area contributed by atoms with Crippen LogP contribution in [0.15, 0.2) is 12.3 Å². The number of amides is 1. The molecule has 0 spiro atoms. The molecule has 1 aromatic heterocycles. The number of nitrogens with two attached hydrogens (primary N) is 1. The average molecular weight is 205 g/mol. The molecule has 0 saturated heterocycles. The summed E-state index contributed by atoms with van der Waals surface area (Å²) in [4.78, 5) is 15.7. The first kappa shape index (κ1) is 9.96. The number of carbonyl (C=O) groups is 1. The van der Waals surface area contributed by atoms with Gasteiger partial charge in [-0.25, -0.2) is 4.98 Å². The fraction of sp³-hybridized carbons (Fsp3) is 0.455. The quantitative estimate of drug-likeness (QED) is 0.770. The summed E-state index contributed by atoms with van der Waals surface area (Å²) in [7, 11) is 0. The fourth-order valence-corrected chi connectivity index (χ4v) is 1.62. The number of pyridine rings is 1. The van der Waals surface area contributed by atoms with Gasteiger partial charge >= 0.3 is 0 Å². The lowest BCUT2D eigenvalue weighted by Gasteiger charge is -2.07. The van der Waals surface area contributed by atoms with E-state index >= 15 is 0 Å². The molecule has 1 fully saturated rings. The van der Waals surface area contributed by atoms with Gasteiger partial charge in [-0.15, -0.1) is 0 Å². The van der Waals surface area contributed by atoms with E-state index in [0.29, 0.717) is 17.4 Å². The van der Waals surface area contributed by atoms with Crippen LogP contribution in [0.4, 0.5) is 11.5 Å². The first-order valence-electron chi connectivity index (χ1n) is 5.11. The van der Waals surface area contributed by atoms with E-state index in [1.54, 1.807) is 12.3 Å². The molecule has 0 bridgehead atoms. The number of rotatable bonds is 2. The maximum absolute atomic E-state index is 11.6. The van der Waals surface area contributed by atoms with E-state index < -0.39 is 0 Å². The van der Waals surface area contributed by atoms with Gasteiger partial charge in [0.15, 0.2) is 0 Å². The summed E-state index contributed by atoms with van der Waals surface area (Å²) in [5, 5.41) is 2.82. The first-order chi connectivity index (χ1) is 7.08. The second kappa shape index (κ2) is 3.53. The Kier molecular flexibility index (Phi) is 2.34. The molecular weight excluding hydrogens is 190 g/mol. The van der Waals surface area contributed by atoms with Crippen LogP contribution in [-0.2, 0) is 4.79 Å². The zero-order valence-electron chi connectivity index (χ0n) is 8.95. The van der Waals surface area contributed by atoms with Crippen LogP contribution in [0, 0.1) is 18.8 Å². The van der Waals surface area contributed by atoms with E-state index in [4.69, 9.17) is 5.73 Å². The van der Waals surface area contributed by atoms with Crippen LogP contribution >= 0.6 is 0 Å². The molecule has 4 heteroatoms. The maximum atomic E-state index is 11.6. The Morgan fingerprint density at radius 2 is 2.33 bits per heavy atom. The van der Waals surface area contributed by atoms with E-state index in [-0.39, 0.29) is 11.8 Å². The van der Waals surface area contributed by atoms with Gasteiger partial charge in [-0.05, 0) is 30.9 Å². The minimum Gasteiger partial charge on any atom is -0.397 e. The molecule has 1 aliphatic carbocycles. The molecule has 1 saturated carbocycles. The number of aryl methyl sites for hydroxylation is 1. The molecule has 15 heavy (non-hydrogen) atoms. The molecule has 1 amide bonds. The van der Waals surface area contributed by atoms with Gasteiger partial charge < -0.3 is 11.1 Å². The number of aromatic nitrogens is 1. The number of nitrogens with one attached hydrogen (secondary N) is 1. The van der Waals surface area contributed by atoms with Crippen molar-refractivity contribution in [1.29, 1.82) is 0 Å². The summed E-state index contributed by atoms with van der Waals surface area (Å²) < 4.78 is 0. The Hall–Kier alpha value is -1.58. The lowest BCUT2D eigenvalue weighted by atomic mass is 10.2. The predicted molar refractivity (Wildman–Crippen MR) is 59.3 cm³/mol. The Balaban J connectivity index is 2.07. The van der Waals surface area contributed by atoms with Crippen molar-refractivity contribution < 1.29 is 4.79 Å². The van der Waals surface area contributed by atoms with Crippen molar-refractivity contribution in [3.63, 3.8) is 0 Å². The Morgan fingerprint density at radius 1 is 1.67 bits per heavy atom. The third-order valence-electron chi connectivity index (χ3n) is 2.79. The van der Waals surface area contributed by atoms with Gasteiger partial charge in [0.1, 0.15) is 5.82 Å². The van der Waals surface area contributed by atoms with Gasteiger partial charge in [0.05, 0.1) is 11.9 Å². The minimum absolute atomic E-state index is 0.0721. The molecule has 3 N–H and O–H groups in total. The zero-order chi connectivity index (χ0) is 11.0. The normalized spacial score (nSPS) is 23.6. The lowest BCUT2D eigenvalue weighted by molar-refractivity contribution is -0.117. The molecular formula is C11H15N3O. The van der Waals surface area contributed by atoms with Crippen molar-refractivity contribution in [3.05, 3.63) is 17.8 Å². The standard InChI is InChI=1S/C11H15N3O/c1-6-4-9(6)11(15)14-10-7(2)3-8(12)5-13-10/h3,5-6,9H,4,12H2,1-2H3,(H,13,14,15). The molecule has 1 aromatic rings. The number of nitrogen functional groups attached to an aromatic ring is 1. The van der Waals surface area contributed by atoms with E-state index in [1.807, 2.05) is 6.92 Å². The van der Waals surface area contributed by atoms with E-state index in [1.165, 1.54) is 0 Å². The van der Waals surface area contributed by atoms with Gasteiger partial charge in [-0.3, -0.25) is 4.79 Å². The van der Waals surface area contributed by atoms with Crippen LogP contribution in [0.2, 0.25) is 0 Å². The van der Waals surface area contributed by atoms with Crippen LogP contribution in [0.25, 0.3) is 0 Å². The highest BCUT2D eigenvalue weighted by Crippen LogP contribution is 2.38. The average Bonchev–Trinajstić information content (AvgIpc) is 2.88. The second-order valence-electron chi connectivity index (χ2n) is 4.24. The molecule has 2 unspecified atom stereocenters. The van der Waals surface area contributed by atoms with Gasteiger partial charge in [0, 0.05) is 5.92 Å². The molecule has 2 rings (SSSR count). The van der Waals surface area contributed by atoms with E-state index in [9.17, 15) is 4.79 Å². The first-order valence-corrected chi connectivity index (χ1v) is 5.11. The summed E-state index contributed by atoms with van der Waals surface area (Å²) in [6, 6.07) is 1.80. The van der Waals surface area contributed by atoms with E-state index in [2.05, 4.69) is 17.2 Å². The third-order valence-corrected chi connectivity index (χ3v) is 2.79. The number of anilines is 2. The lowest BCUT2D eigenvalue weighted by Crippen LogP contribution is -2.16. The predicted octanol–water partition coefficient (Wildman–Crippen LogP) is 1.57.